The number of rotatable bonds is 10. The Morgan fingerprint density at radius 3 is 2.50 bits per heavy atom. The molecule has 1 aromatic rings. The fourth-order valence-corrected chi connectivity index (χ4v) is 2.31. The van der Waals surface area contributed by atoms with Gasteiger partial charge in [0.2, 0.25) is 0 Å². The molecule has 0 unspecified atom stereocenters. The minimum atomic E-state index is -0.312. The highest BCUT2D eigenvalue weighted by molar-refractivity contribution is 5.98. The molecular weight excluding hydrogens is 280 g/mol. The molecule has 0 aliphatic rings. The lowest BCUT2D eigenvalue weighted by Gasteiger charge is -2.10. The average molecular weight is 306 g/mol. The number of carbonyl (C=O) groups is 2. The molecule has 4 nitrogen and oxygen atoms in total. The Kier molecular flexibility index (Phi) is 8.26. The van der Waals surface area contributed by atoms with E-state index in [1.165, 1.54) is 0 Å². The highest BCUT2D eigenvalue weighted by atomic mass is 16.5. The summed E-state index contributed by atoms with van der Waals surface area (Å²) in [7, 11) is 1.57. The first-order valence-electron chi connectivity index (χ1n) is 7.98. The molecule has 0 radical (unpaired) electrons. The van der Waals surface area contributed by atoms with Crippen molar-refractivity contribution in [2.24, 2.45) is 0 Å². The SMILES string of the molecule is CCCCCCC(=O)c1cc(OC)ccc1CC(=O)OCC. The van der Waals surface area contributed by atoms with Gasteiger partial charge in [-0.25, -0.2) is 0 Å². The van der Waals surface area contributed by atoms with Gasteiger partial charge in [0, 0.05) is 12.0 Å². The first kappa shape index (κ1) is 18.2. The van der Waals surface area contributed by atoms with E-state index in [1.54, 1.807) is 32.2 Å². The van der Waals surface area contributed by atoms with E-state index < -0.39 is 0 Å². The van der Waals surface area contributed by atoms with Gasteiger partial charge in [-0.1, -0.05) is 32.3 Å². The van der Waals surface area contributed by atoms with Crippen molar-refractivity contribution in [3.05, 3.63) is 29.3 Å². The molecule has 0 saturated carbocycles. The largest absolute Gasteiger partial charge is 0.497 e. The highest BCUT2D eigenvalue weighted by Crippen LogP contribution is 2.21. The number of unbranched alkanes of at least 4 members (excludes halogenated alkanes) is 3. The zero-order valence-corrected chi connectivity index (χ0v) is 13.8. The van der Waals surface area contributed by atoms with Crippen LogP contribution in [0.3, 0.4) is 0 Å². The summed E-state index contributed by atoms with van der Waals surface area (Å²) in [4.78, 5) is 24.1. The molecule has 1 rings (SSSR count). The molecule has 122 valence electrons. The zero-order chi connectivity index (χ0) is 16.4. The molecule has 0 aliphatic heterocycles. The monoisotopic (exact) mass is 306 g/mol. The van der Waals surface area contributed by atoms with Crippen LogP contribution in [0.15, 0.2) is 18.2 Å². The second-order valence-electron chi connectivity index (χ2n) is 5.24. The number of ether oxygens (including phenoxy) is 2. The van der Waals surface area contributed by atoms with Crippen LogP contribution < -0.4 is 4.74 Å². The van der Waals surface area contributed by atoms with Crippen LogP contribution in [0.5, 0.6) is 5.75 Å². The van der Waals surface area contributed by atoms with Crippen molar-refractivity contribution in [1.29, 1.82) is 0 Å². The van der Waals surface area contributed by atoms with Crippen LogP contribution in [0.1, 0.15) is 61.9 Å². The maximum atomic E-state index is 12.4. The van der Waals surface area contributed by atoms with Crippen molar-refractivity contribution in [3.8, 4) is 5.75 Å². The fraction of sp³-hybridized carbons (Fsp3) is 0.556. The third-order valence-electron chi connectivity index (χ3n) is 3.51. The van der Waals surface area contributed by atoms with Crippen molar-refractivity contribution >= 4 is 11.8 Å². The Hall–Kier alpha value is -1.84. The Morgan fingerprint density at radius 2 is 1.86 bits per heavy atom. The van der Waals surface area contributed by atoms with Crippen LogP contribution in [0.2, 0.25) is 0 Å². The molecule has 0 aliphatic carbocycles. The quantitative estimate of drug-likeness (QED) is 0.373. The highest BCUT2D eigenvalue weighted by Gasteiger charge is 2.15. The van der Waals surface area contributed by atoms with Crippen molar-refractivity contribution in [2.45, 2.75) is 52.4 Å². The van der Waals surface area contributed by atoms with Gasteiger partial charge in [-0.05, 0) is 31.0 Å². The Morgan fingerprint density at radius 1 is 1.09 bits per heavy atom. The number of ketones is 1. The van der Waals surface area contributed by atoms with E-state index >= 15 is 0 Å². The van der Waals surface area contributed by atoms with Crippen LogP contribution in [0, 0.1) is 0 Å². The van der Waals surface area contributed by atoms with E-state index in [2.05, 4.69) is 6.92 Å². The number of benzene rings is 1. The van der Waals surface area contributed by atoms with Gasteiger partial charge in [-0.15, -0.1) is 0 Å². The minimum Gasteiger partial charge on any atom is -0.497 e. The van der Waals surface area contributed by atoms with Gasteiger partial charge in [-0.3, -0.25) is 9.59 Å². The molecule has 0 spiro atoms. The van der Waals surface area contributed by atoms with Crippen LogP contribution in [-0.4, -0.2) is 25.5 Å². The van der Waals surface area contributed by atoms with Crippen molar-refractivity contribution in [3.63, 3.8) is 0 Å². The van der Waals surface area contributed by atoms with E-state index in [9.17, 15) is 9.59 Å². The number of hydrogen-bond donors (Lipinski definition) is 0. The number of esters is 1. The Labute approximate surface area is 132 Å². The summed E-state index contributed by atoms with van der Waals surface area (Å²) in [5.41, 5.74) is 1.28. The molecule has 0 fully saturated rings. The maximum Gasteiger partial charge on any atom is 0.310 e. The summed E-state index contributed by atoms with van der Waals surface area (Å²) < 4.78 is 10.2. The van der Waals surface area contributed by atoms with E-state index in [0.717, 1.165) is 25.7 Å². The third kappa shape index (κ3) is 5.88. The van der Waals surface area contributed by atoms with Gasteiger partial charge in [0.15, 0.2) is 5.78 Å². The van der Waals surface area contributed by atoms with E-state index in [0.29, 0.717) is 29.9 Å². The van der Waals surface area contributed by atoms with Gasteiger partial charge in [-0.2, -0.15) is 0 Å². The van der Waals surface area contributed by atoms with E-state index in [1.807, 2.05) is 0 Å². The molecule has 0 aromatic heterocycles. The molecule has 4 heteroatoms. The lowest BCUT2D eigenvalue weighted by Crippen LogP contribution is -2.12. The molecule has 0 heterocycles. The lowest BCUT2D eigenvalue weighted by atomic mass is 9.97. The second kappa shape index (κ2) is 9.98. The second-order valence-corrected chi connectivity index (χ2v) is 5.24. The Balaban J connectivity index is 2.83. The number of hydrogen-bond acceptors (Lipinski definition) is 4. The molecule has 0 amide bonds. The first-order valence-corrected chi connectivity index (χ1v) is 7.98. The standard InChI is InChI=1S/C18H26O4/c1-4-6-7-8-9-17(19)16-13-15(21-3)11-10-14(16)12-18(20)22-5-2/h10-11,13H,4-9,12H2,1-3H3. The molecule has 22 heavy (non-hydrogen) atoms. The summed E-state index contributed by atoms with van der Waals surface area (Å²) in [6.45, 7) is 4.25. The Bertz CT molecular complexity index is 494. The average Bonchev–Trinajstić information content (AvgIpc) is 2.52. The van der Waals surface area contributed by atoms with Gasteiger partial charge in [0.1, 0.15) is 5.75 Å². The van der Waals surface area contributed by atoms with Crippen LogP contribution in [-0.2, 0) is 16.0 Å². The van der Waals surface area contributed by atoms with Crippen LogP contribution >= 0.6 is 0 Å². The topological polar surface area (TPSA) is 52.6 Å². The summed E-state index contributed by atoms with van der Waals surface area (Å²) in [6, 6.07) is 5.26. The van der Waals surface area contributed by atoms with Crippen LogP contribution in [0.25, 0.3) is 0 Å². The molecule has 0 atom stereocenters. The van der Waals surface area contributed by atoms with E-state index in [-0.39, 0.29) is 18.2 Å². The number of carbonyl (C=O) groups excluding carboxylic acids is 2. The normalized spacial score (nSPS) is 10.3. The predicted octanol–water partition coefficient (Wildman–Crippen LogP) is 3.95. The first-order chi connectivity index (χ1) is 10.6. The van der Waals surface area contributed by atoms with Crippen molar-refractivity contribution in [2.75, 3.05) is 13.7 Å². The minimum absolute atomic E-state index is 0.0642. The molecular formula is C18H26O4. The predicted molar refractivity (Wildman–Crippen MR) is 86.4 cm³/mol. The molecule has 1 aromatic carbocycles. The third-order valence-corrected chi connectivity index (χ3v) is 3.51. The van der Waals surface area contributed by atoms with Gasteiger partial charge >= 0.3 is 5.97 Å². The summed E-state index contributed by atoms with van der Waals surface area (Å²) >= 11 is 0. The number of Topliss-reactive ketones (excluding diaryl/α,β-unsaturated/α-hetero) is 1. The van der Waals surface area contributed by atoms with Crippen molar-refractivity contribution in [1.82, 2.24) is 0 Å². The van der Waals surface area contributed by atoms with Gasteiger partial charge in [0.25, 0.3) is 0 Å². The van der Waals surface area contributed by atoms with E-state index in [4.69, 9.17) is 9.47 Å². The lowest BCUT2D eigenvalue weighted by molar-refractivity contribution is -0.142. The maximum absolute atomic E-state index is 12.4. The smallest absolute Gasteiger partial charge is 0.310 e. The molecule has 0 saturated heterocycles. The zero-order valence-electron chi connectivity index (χ0n) is 13.8. The van der Waals surface area contributed by atoms with Gasteiger partial charge < -0.3 is 9.47 Å². The molecule has 0 N–H and O–H groups in total. The number of methoxy groups -OCH3 is 1. The summed E-state index contributed by atoms with van der Waals surface area (Å²) in [5.74, 6) is 0.381. The fourth-order valence-electron chi connectivity index (χ4n) is 2.31. The summed E-state index contributed by atoms with van der Waals surface area (Å²) in [6.07, 6.45) is 4.83. The van der Waals surface area contributed by atoms with Crippen LogP contribution in [0.4, 0.5) is 0 Å². The summed E-state index contributed by atoms with van der Waals surface area (Å²) in [5, 5.41) is 0. The molecule has 0 bridgehead atoms. The van der Waals surface area contributed by atoms with Gasteiger partial charge in [0.05, 0.1) is 20.1 Å². The van der Waals surface area contributed by atoms with Crippen molar-refractivity contribution < 1.29 is 19.1 Å².